The van der Waals surface area contributed by atoms with Gasteiger partial charge in [-0.25, -0.2) is 0 Å². The summed E-state index contributed by atoms with van der Waals surface area (Å²) in [6.45, 7) is 6.96. The molecule has 0 saturated heterocycles. The van der Waals surface area contributed by atoms with Crippen LogP contribution in [0.5, 0.6) is 0 Å². The van der Waals surface area contributed by atoms with Gasteiger partial charge in [0, 0.05) is 18.8 Å². The van der Waals surface area contributed by atoms with E-state index in [2.05, 4.69) is 49.1 Å². The standard InChI is InChI=1S/C16H27N/c1-3-5-10-14-17(15-11-6-4-2)16-12-8-7-9-13-16/h7-9,12-13H,3-6,10-11,14-15H2,1-2H3. The highest BCUT2D eigenvalue weighted by molar-refractivity contribution is 5.45. The highest BCUT2D eigenvalue weighted by Gasteiger charge is 2.04. The molecule has 1 aromatic carbocycles. The van der Waals surface area contributed by atoms with Crippen molar-refractivity contribution < 1.29 is 0 Å². The Balaban J connectivity index is 2.46. The highest BCUT2D eigenvalue weighted by Crippen LogP contribution is 2.15. The first-order valence-electron chi connectivity index (χ1n) is 7.18. The summed E-state index contributed by atoms with van der Waals surface area (Å²) in [7, 11) is 0. The fourth-order valence-corrected chi connectivity index (χ4v) is 2.11. The summed E-state index contributed by atoms with van der Waals surface area (Å²) in [5.41, 5.74) is 1.39. The maximum Gasteiger partial charge on any atom is 0.0366 e. The minimum Gasteiger partial charge on any atom is -0.372 e. The summed E-state index contributed by atoms with van der Waals surface area (Å²) < 4.78 is 0. The van der Waals surface area contributed by atoms with Crippen LogP contribution in [-0.2, 0) is 0 Å². The Morgan fingerprint density at radius 3 is 1.76 bits per heavy atom. The molecule has 0 bridgehead atoms. The molecule has 0 atom stereocenters. The van der Waals surface area contributed by atoms with Crippen LogP contribution in [0, 0.1) is 0 Å². The molecule has 0 spiro atoms. The second-order valence-electron chi connectivity index (χ2n) is 4.74. The number of hydrogen-bond donors (Lipinski definition) is 0. The van der Waals surface area contributed by atoms with E-state index < -0.39 is 0 Å². The van der Waals surface area contributed by atoms with Crippen molar-refractivity contribution in [2.24, 2.45) is 0 Å². The predicted molar refractivity (Wildman–Crippen MR) is 77.7 cm³/mol. The van der Waals surface area contributed by atoms with Gasteiger partial charge in [0.1, 0.15) is 0 Å². The highest BCUT2D eigenvalue weighted by atomic mass is 15.1. The average molecular weight is 233 g/mol. The normalized spacial score (nSPS) is 10.5. The van der Waals surface area contributed by atoms with Crippen LogP contribution < -0.4 is 4.90 Å². The molecule has 0 unspecified atom stereocenters. The molecule has 0 aromatic heterocycles. The Morgan fingerprint density at radius 1 is 0.765 bits per heavy atom. The Hall–Kier alpha value is -0.980. The number of rotatable bonds is 9. The van der Waals surface area contributed by atoms with Crippen molar-refractivity contribution >= 4 is 5.69 Å². The summed E-state index contributed by atoms with van der Waals surface area (Å²) in [4.78, 5) is 2.55. The largest absolute Gasteiger partial charge is 0.372 e. The average Bonchev–Trinajstić information content (AvgIpc) is 2.38. The summed E-state index contributed by atoms with van der Waals surface area (Å²) in [6, 6.07) is 10.8. The molecule has 0 radical (unpaired) electrons. The molecule has 1 heteroatoms. The molecule has 96 valence electrons. The van der Waals surface area contributed by atoms with Gasteiger partial charge in [0.2, 0.25) is 0 Å². The smallest absolute Gasteiger partial charge is 0.0366 e. The van der Waals surface area contributed by atoms with Crippen molar-refractivity contribution in [3.05, 3.63) is 30.3 Å². The predicted octanol–water partition coefficient (Wildman–Crippen LogP) is 4.87. The summed E-state index contributed by atoms with van der Waals surface area (Å²) in [6.07, 6.45) is 7.93. The van der Waals surface area contributed by atoms with E-state index in [4.69, 9.17) is 0 Å². The molecular weight excluding hydrogens is 206 g/mol. The van der Waals surface area contributed by atoms with E-state index in [-0.39, 0.29) is 0 Å². The number of anilines is 1. The van der Waals surface area contributed by atoms with Crippen LogP contribution >= 0.6 is 0 Å². The topological polar surface area (TPSA) is 3.24 Å². The zero-order valence-corrected chi connectivity index (χ0v) is 11.5. The minimum absolute atomic E-state index is 1.21. The Morgan fingerprint density at radius 2 is 1.29 bits per heavy atom. The lowest BCUT2D eigenvalue weighted by molar-refractivity contribution is 0.636. The van der Waals surface area contributed by atoms with Crippen LogP contribution in [0.25, 0.3) is 0 Å². The zero-order chi connectivity index (χ0) is 12.3. The molecule has 1 nitrogen and oxygen atoms in total. The molecule has 0 aliphatic carbocycles. The van der Waals surface area contributed by atoms with Crippen LogP contribution in [0.2, 0.25) is 0 Å². The van der Waals surface area contributed by atoms with Crippen LogP contribution in [0.3, 0.4) is 0 Å². The number of para-hydroxylation sites is 1. The lowest BCUT2D eigenvalue weighted by Gasteiger charge is -2.24. The van der Waals surface area contributed by atoms with E-state index in [1.54, 1.807) is 0 Å². The third kappa shape index (κ3) is 5.76. The van der Waals surface area contributed by atoms with Gasteiger partial charge in [-0.1, -0.05) is 57.7 Å². The zero-order valence-electron chi connectivity index (χ0n) is 11.5. The van der Waals surface area contributed by atoms with E-state index in [1.807, 2.05) is 0 Å². The molecule has 0 N–H and O–H groups in total. The molecule has 1 aromatic rings. The van der Waals surface area contributed by atoms with Gasteiger partial charge < -0.3 is 4.90 Å². The van der Waals surface area contributed by atoms with Crippen LogP contribution in [-0.4, -0.2) is 13.1 Å². The lowest BCUT2D eigenvalue weighted by atomic mass is 10.2. The summed E-state index contributed by atoms with van der Waals surface area (Å²) in [5.74, 6) is 0. The maximum absolute atomic E-state index is 2.55. The van der Waals surface area contributed by atoms with Crippen LogP contribution in [0.1, 0.15) is 52.4 Å². The van der Waals surface area contributed by atoms with Crippen LogP contribution in [0.4, 0.5) is 5.69 Å². The summed E-state index contributed by atoms with van der Waals surface area (Å²) >= 11 is 0. The lowest BCUT2D eigenvalue weighted by Crippen LogP contribution is -2.25. The molecule has 1 rings (SSSR count). The van der Waals surface area contributed by atoms with Gasteiger partial charge in [0.15, 0.2) is 0 Å². The van der Waals surface area contributed by atoms with Crippen molar-refractivity contribution in [1.82, 2.24) is 0 Å². The van der Waals surface area contributed by atoms with Crippen molar-refractivity contribution in [2.45, 2.75) is 52.4 Å². The molecule has 17 heavy (non-hydrogen) atoms. The van der Waals surface area contributed by atoms with Crippen molar-refractivity contribution in [3.8, 4) is 0 Å². The Labute approximate surface area is 107 Å². The Bertz CT molecular complexity index is 258. The van der Waals surface area contributed by atoms with E-state index in [0.717, 1.165) is 0 Å². The van der Waals surface area contributed by atoms with Gasteiger partial charge in [-0.05, 0) is 25.0 Å². The first-order chi connectivity index (χ1) is 8.38. The number of benzene rings is 1. The molecular formula is C16H27N. The fourth-order valence-electron chi connectivity index (χ4n) is 2.11. The van der Waals surface area contributed by atoms with Gasteiger partial charge in [-0.2, -0.15) is 0 Å². The molecule has 0 saturated carbocycles. The maximum atomic E-state index is 2.55. The van der Waals surface area contributed by atoms with E-state index in [1.165, 1.54) is 57.3 Å². The molecule has 0 heterocycles. The van der Waals surface area contributed by atoms with Gasteiger partial charge >= 0.3 is 0 Å². The number of unbranched alkanes of at least 4 members (excludes halogenated alkanes) is 4. The first kappa shape index (κ1) is 14.1. The van der Waals surface area contributed by atoms with Crippen molar-refractivity contribution in [3.63, 3.8) is 0 Å². The van der Waals surface area contributed by atoms with E-state index >= 15 is 0 Å². The number of hydrogen-bond acceptors (Lipinski definition) is 1. The van der Waals surface area contributed by atoms with Gasteiger partial charge in [-0.15, -0.1) is 0 Å². The van der Waals surface area contributed by atoms with Crippen molar-refractivity contribution in [2.75, 3.05) is 18.0 Å². The first-order valence-corrected chi connectivity index (χ1v) is 7.18. The van der Waals surface area contributed by atoms with Gasteiger partial charge in [-0.3, -0.25) is 0 Å². The third-order valence-electron chi connectivity index (χ3n) is 3.18. The van der Waals surface area contributed by atoms with E-state index in [0.29, 0.717) is 0 Å². The number of nitrogens with zero attached hydrogens (tertiary/aromatic N) is 1. The van der Waals surface area contributed by atoms with Gasteiger partial charge in [0.25, 0.3) is 0 Å². The quantitative estimate of drug-likeness (QED) is 0.550. The molecule has 0 aliphatic heterocycles. The van der Waals surface area contributed by atoms with Crippen LogP contribution in [0.15, 0.2) is 30.3 Å². The molecule has 0 amide bonds. The summed E-state index contributed by atoms with van der Waals surface area (Å²) in [5, 5.41) is 0. The monoisotopic (exact) mass is 233 g/mol. The van der Waals surface area contributed by atoms with Gasteiger partial charge in [0.05, 0.1) is 0 Å². The Kier molecular flexibility index (Phi) is 7.53. The second-order valence-corrected chi connectivity index (χ2v) is 4.74. The van der Waals surface area contributed by atoms with Crippen molar-refractivity contribution in [1.29, 1.82) is 0 Å². The minimum atomic E-state index is 1.21. The third-order valence-corrected chi connectivity index (χ3v) is 3.18. The second kappa shape index (κ2) is 9.09. The fraction of sp³-hybridized carbons (Fsp3) is 0.625. The molecule has 0 aliphatic rings. The SMILES string of the molecule is CCCCCN(CCCCC)c1ccccc1. The van der Waals surface area contributed by atoms with E-state index in [9.17, 15) is 0 Å². The molecule has 0 fully saturated rings.